The molecule has 0 spiro atoms. The van der Waals surface area contributed by atoms with Gasteiger partial charge in [-0.3, -0.25) is 10.1 Å². The number of ketones is 1. The van der Waals surface area contributed by atoms with Crippen LogP contribution in [0.25, 0.3) is 0 Å². The minimum absolute atomic E-state index is 0.0685. The lowest BCUT2D eigenvalue weighted by Crippen LogP contribution is -2.14. The predicted octanol–water partition coefficient (Wildman–Crippen LogP) is 3.71. The number of thiophene rings is 1. The number of carbonyl (C=O) groups excluding carboxylic acids is 2. The van der Waals surface area contributed by atoms with Crippen LogP contribution in [-0.4, -0.2) is 23.0 Å². The van der Waals surface area contributed by atoms with Crippen molar-refractivity contribution in [2.75, 3.05) is 5.32 Å². The molecule has 23 heavy (non-hydrogen) atoms. The highest BCUT2D eigenvalue weighted by molar-refractivity contribution is 7.18. The standard InChI is InChI=1S/C16H15NO5S/c1-9-12(15(19)20)14(23-13(9)10(2)18)17-16(21)22-8-11-6-4-3-5-7-11/h3-7H,8H2,1-2H3,(H,17,21)(H,19,20). The first-order valence-electron chi connectivity index (χ1n) is 6.75. The van der Waals surface area contributed by atoms with E-state index < -0.39 is 12.1 Å². The number of nitrogens with one attached hydrogen (secondary N) is 1. The third-order valence-electron chi connectivity index (χ3n) is 3.11. The van der Waals surface area contributed by atoms with E-state index >= 15 is 0 Å². The Labute approximate surface area is 136 Å². The summed E-state index contributed by atoms with van der Waals surface area (Å²) in [7, 11) is 0. The van der Waals surface area contributed by atoms with Crippen LogP contribution in [0.15, 0.2) is 30.3 Å². The van der Waals surface area contributed by atoms with Gasteiger partial charge in [0.25, 0.3) is 0 Å². The lowest BCUT2D eigenvalue weighted by Gasteiger charge is -2.06. The Balaban J connectivity index is 2.13. The fraction of sp³-hybridized carbons (Fsp3) is 0.188. The van der Waals surface area contributed by atoms with Gasteiger partial charge in [-0.2, -0.15) is 0 Å². The largest absolute Gasteiger partial charge is 0.478 e. The number of Topliss-reactive ketones (excluding diaryl/α,β-unsaturated/α-hetero) is 1. The molecule has 0 bridgehead atoms. The molecule has 0 radical (unpaired) electrons. The molecule has 2 rings (SSSR count). The van der Waals surface area contributed by atoms with Crippen molar-refractivity contribution in [2.45, 2.75) is 20.5 Å². The lowest BCUT2D eigenvalue weighted by atomic mass is 10.1. The molecular weight excluding hydrogens is 318 g/mol. The number of hydrogen-bond acceptors (Lipinski definition) is 5. The lowest BCUT2D eigenvalue weighted by molar-refractivity contribution is 0.0697. The van der Waals surface area contributed by atoms with E-state index in [1.807, 2.05) is 18.2 Å². The summed E-state index contributed by atoms with van der Waals surface area (Å²) in [6.45, 7) is 2.96. The Morgan fingerprint density at radius 2 is 1.87 bits per heavy atom. The van der Waals surface area contributed by atoms with Crippen LogP contribution in [0.2, 0.25) is 0 Å². The van der Waals surface area contributed by atoms with Gasteiger partial charge in [0.2, 0.25) is 0 Å². The van der Waals surface area contributed by atoms with Crippen molar-refractivity contribution >= 4 is 34.2 Å². The summed E-state index contributed by atoms with van der Waals surface area (Å²) >= 11 is 0.930. The molecule has 0 atom stereocenters. The molecule has 0 unspecified atom stereocenters. The van der Waals surface area contributed by atoms with Crippen molar-refractivity contribution in [2.24, 2.45) is 0 Å². The molecule has 0 aliphatic carbocycles. The van der Waals surface area contributed by atoms with Crippen LogP contribution in [0.1, 0.15) is 38.1 Å². The van der Waals surface area contributed by atoms with Gasteiger partial charge in [0, 0.05) is 0 Å². The average Bonchev–Trinajstić information content (AvgIpc) is 2.83. The highest BCUT2D eigenvalue weighted by atomic mass is 32.1. The van der Waals surface area contributed by atoms with Gasteiger partial charge in [-0.25, -0.2) is 9.59 Å². The van der Waals surface area contributed by atoms with Gasteiger partial charge in [0.1, 0.15) is 11.6 Å². The highest BCUT2D eigenvalue weighted by Gasteiger charge is 2.24. The van der Waals surface area contributed by atoms with Crippen molar-refractivity contribution in [3.63, 3.8) is 0 Å². The number of amides is 1. The van der Waals surface area contributed by atoms with Gasteiger partial charge in [0.15, 0.2) is 5.78 Å². The Bertz CT molecular complexity index is 751. The van der Waals surface area contributed by atoms with Crippen LogP contribution >= 0.6 is 11.3 Å². The highest BCUT2D eigenvalue weighted by Crippen LogP contribution is 2.33. The van der Waals surface area contributed by atoms with E-state index in [-0.39, 0.29) is 23.0 Å². The van der Waals surface area contributed by atoms with E-state index in [2.05, 4.69) is 5.32 Å². The van der Waals surface area contributed by atoms with E-state index in [0.717, 1.165) is 16.9 Å². The third-order valence-corrected chi connectivity index (χ3v) is 4.42. The van der Waals surface area contributed by atoms with Gasteiger partial charge in [0.05, 0.1) is 10.4 Å². The maximum absolute atomic E-state index is 11.8. The number of aromatic carboxylic acids is 1. The number of carboxylic acid groups (broad SMARTS) is 1. The molecule has 120 valence electrons. The molecule has 2 N–H and O–H groups in total. The average molecular weight is 333 g/mol. The normalized spacial score (nSPS) is 10.2. The van der Waals surface area contributed by atoms with Crippen molar-refractivity contribution in [1.82, 2.24) is 0 Å². The Hall–Kier alpha value is -2.67. The SMILES string of the molecule is CC(=O)c1sc(NC(=O)OCc2ccccc2)c(C(=O)O)c1C. The fourth-order valence-corrected chi connectivity index (χ4v) is 3.13. The third kappa shape index (κ3) is 3.95. The van der Waals surface area contributed by atoms with Crippen LogP contribution in [0, 0.1) is 6.92 Å². The molecule has 0 aliphatic rings. The number of anilines is 1. The molecular formula is C16H15NO5S. The molecule has 0 aliphatic heterocycles. The quantitative estimate of drug-likeness (QED) is 0.814. The molecule has 1 amide bonds. The van der Waals surface area contributed by atoms with Crippen LogP contribution in [-0.2, 0) is 11.3 Å². The summed E-state index contributed by atoms with van der Waals surface area (Å²) in [5, 5.41) is 11.8. The summed E-state index contributed by atoms with van der Waals surface area (Å²) in [5.41, 5.74) is 1.07. The van der Waals surface area contributed by atoms with E-state index in [4.69, 9.17) is 4.74 Å². The monoisotopic (exact) mass is 333 g/mol. The maximum Gasteiger partial charge on any atom is 0.412 e. The summed E-state index contributed by atoms with van der Waals surface area (Å²) < 4.78 is 5.06. The van der Waals surface area contributed by atoms with E-state index in [1.165, 1.54) is 13.8 Å². The first kappa shape index (κ1) is 16.7. The van der Waals surface area contributed by atoms with Gasteiger partial charge in [-0.1, -0.05) is 30.3 Å². The van der Waals surface area contributed by atoms with Gasteiger partial charge < -0.3 is 9.84 Å². The number of carbonyl (C=O) groups is 3. The summed E-state index contributed by atoms with van der Waals surface area (Å²) in [4.78, 5) is 35.0. The molecule has 1 heterocycles. The molecule has 7 heteroatoms. The summed E-state index contributed by atoms with van der Waals surface area (Å²) in [6.07, 6.45) is -0.771. The number of carboxylic acids is 1. The minimum Gasteiger partial charge on any atom is -0.478 e. The van der Waals surface area contributed by atoms with Crippen LogP contribution in [0.3, 0.4) is 0 Å². The number of benzene rings is 1. The first-order chi connectivity index (χ1) is 10.9. The minimum atomic E-state index is -1.20. The van der Waals surface area contributed by atoms with Gasteiger partial charge in [-0.15, -0.1) is 11.3 Å². The summed E-state index contributed by atoms with van der Waals surface area (Å²) in [6, 6.07) is 9.10. The van der Waals surface area contributed by atoms with Crippen LogP contribution < -0.4 is 5.32 Å². The fourth-order valence-electron chi connectivity index (χ4n) is 2.05. The molecule has 0 saturated carbocycles. The van der Waals surface area contributed by atoms with Gasteiger partial charge in [-0.05, 0) is 25.0 Å². The summed E-state index contributed by atoms with van der Waals surface area (Å²) in [5.74, 6) is -1.45. The van der Waals surface area contributed by atoms with E-state index in [1.54, 1.807) is 12.1 Å². The smallest absolute Gasteiger partial charge is 0.412 e. The molecule has 1 aromatic carbocycles. The number of rotatable bonds is 5. The second kappa shape index (κ2) is 7.06. The Morgan fingerprint density at radius 1 is 1.22 bits per heavy atom. The zero-order chi connectivity index (χ0) is 17.0. The maximum atomic E-state index is 11.8. The molecule has 0 fully saturated rings. The molecule has 6 nitrogen and oxygen atoms in total. The zero-order valence-electron chi connectivity index (χ0n) is 12.6. The van der Waals surface area contributed by atoms with Crippen LogP contribution in [0.5, 0.6) is 0 Å². The first-order valence-corrected chi connectivity index (χ1v) is 7.57. The van der Waals surface area contributed by atoms with E-state index in [0.29, 0.717) is 10.4 Å². The molecule has 1 aromatic heterocycles. The van der Waals surface area contributed by atoms with Gasteiger partial charge >= 0.3 is 12.1 Å². The van der Waals surface area contributed by atoms with Crippen molar-refractivity contribution in [3.05, 3.63) is 51.9 Å². The Morgan fingerprint density at radius 3 is 2.43 bits per heavy atom. The number of hydrogen-bond donors (Lipinski definition) is 2. The predicted molar refractivity (Wildman–Crippen MR) is 86.3 cm³/mol. The zero-order valence-corrected chi connectivity index (χ0v) is 13.4. The van der Waals surface area contributed by atoms with Crippen LogP contribution in [0.4, 0.5) is 9.80 Å². The molecule has 2 aromatic rings. The Kier molecular flexibility index (Phi) is 5.13. The van der Waals surface area contributed by atoms with Crippen molar-refractivity contribution in [1.29, 1.82) is 0 Å². The topological polar surface area (TPSA) is 92.7 Å². The van der Waals surface area contributed by atoms with E-state index in [9.17, 15) is 19.5 Å². The van der Waals surface area contributed by atoms with Crippen molar-refractivity contribution < 1.29 is 24.2 Å². The second-order valence-electron chi connectivity index (χ2n) is 4.81. The molecule has 0 saturated heterocycles. The van der Waals surface area contributed by atoms with Crippen molar-refractivity contribution in [3.8, 4) is 0 Å². The number of ether oxygens (including phenoxy) is 1. The second-order valence-corrected chi connectivity index (χ2v) is 5.83.